The zero-order valence-corrected chi connectivity index (χ0v) is 12.0. The average molecular weight is 270 g/mol. The standard InChI is InChI=1S/C13H26N4O2/c1-12(2)4-3-9-19-11-13(18)10-14-5-7-17-8-6-15-16-17/h6,8,12-14,18H,3-5,7,9-11H2,1-2H3. The van der Waals surface area contributed by atoms with Gasteiger partial charge in [-0.25, -0.2) is 0 Å². The van der Waals surface area contributed by atoms with Gasteiger partial charge in [0.1, 0.15) is 0 Å². The van der Waals surface area contributed by atoms with Gasteiger partial charge in [-0.2, -0.15) is 0 Å². The third kappa shape index (κ3) is 8.69. The fourth-order valence-electron chi connectivity index (χ4n) is 1.69. The monoisotopic (exact) mass is 270 g/mol. The second-order valence-electron chi connectivity index (χ2n) is 5.14. The molecule has 0 aromatic carbocycles. The molecule has 1 atom stereocenters. The fraction of sp³-hybridized carbons (Fsp3) is 0.846. The maximum atomic E-state index is 9.69. The second-order valence-corrected chi connectivity index (χ2v) is 5.14. The molecule has 6 nitrogen and oxygen atoms in total. The lowest BCUT2D eigenvalue weighted by atomic mass is 10.1. The highest BCUT2D eigenvalue weighted by atomic mass is 16.5. The van der Waals surface area contributed by atoms with Crippen LogP contribution in [0.2, 0.25) is 0 Å². The van der Waals surface area contributed by atoms with Crippen molar-refractivity contribution >= 4 is 0 Å². The number of ether oxygens (including phenoxy) is 1. The van der Waals surface area contributed by atoms with E-state index in [9.17, 15) is 5.11 Å². The highest BCUT2D eigenvalue weighted by molar-refractivity contribution is 4.65. The van der Waals surface area contributed by atoms with Crippen molar-refractivity contribution in [3.05, 3.63) is 12.4 Å². The topological polar surface area (TPSA) is 72.2 Å². The zero-order valence-electron chi connectivity index (χ0n) is 12.0. The highest BCUT2D eigenvalue weighted by Crippen LogP contribution is 2.03. The summed E-state index contributed by atoms with van der Waals surface area (Å²) in [5.74, 6) is 0.715. The van der Waals surface area contributed by atoms with Crippen molar-refractivity contribution in [2.45, 2.75) is 39.3 Å². The van der Waals surface area contributed by atoms with E-state index in [1.54, 1.807) is 10.9 Å². The SMILES string of the molecule is CC(C)CCCOCC(O)CNCCn1ccnn1. The van der Waals surface area contributed by atoms with Crippen LogP contribution in [-0.4, -0.2) is 52.5 Å². The van der Waals surface area contributed by atoms with Crippen molar-refractivity contribution in [3.63, 3.8) is 0 Å². The molecule has 0 aliphatic heterocycles. The molecule has 1 aromatic rings. The predicted octanol–water partition coefficient (Wildman–Crippen LogP) is 0.681. The molecule has 0 aliphatic rings. The molecule has 0 amide bonds. The molecule has 0 saturated heterocycles. The number of aliphatic hydroxyl groups is 1. The molecule has 0 radical (unpaired) electrons. The van der Waals surface area contributed by atoms with Gasteiger partial charge in [0.15, 0.2) is 0 Å². The first kappa shape index (κ1) is 16.1. The van der Waals surface area contributed by atoms with Gasteiger partial charge in [-0.3, -0.25) is 4.68 Å². The number of rotatable bonds is 11. The Morgan fingerprint density at radius 1 is 1.42 bits per heavy atom. The van der Waals surface area contributed by atoms with Crippen molar-refractivity contribution in [2.75, 3.05) is 26.3 Å². The molecule has 1 rings (SSSR count). The number of nitrogens with one attached hydrogen (secondary N) is 1. The molecule has 0 spiro atoms. The van der Waals surface area contributed by atoms with Gasteiger partial charge >= 0.3 is 0 Å². The number of aliphatic hydroxyl groups excluding tert-OH is 1. The van der Waals surface area contributed by atoms with Crippen LogP contribution >= 0.6 is 0 Å². The van der Waals surface area contributed by atoms with Gasteiger partial charge in [0, 0.05) is 25.9 Å². The summed E-state index contributed by atoms with van der Waals surface area (Å²) in [6, 6.07) is 0. The van der Waals surface area contributed by atoms with E-state index in [0.717, 1.165) is 26.1 Å². The van der Waals surface area contributed by atoms with Gasteiger partial charge in [-0.15, -0.1) is 5.10 Å². The molecule has 0 saturated carbocycles. The minimum absolute atomic E-state index is 0.397. The van der Waals surface area contributed by atoms with Gasteiger partial charge in [0.05, 0.1) is 25.5 Å². The molecule has 0 bridgehead atoms. The molecule has 0 fully saturated rings. The lowest BCUT2D eigenvalue weighted by Gasteiger charge is -2.12. The first-order valence-corrected chi connectivity index (χ1v) is 6.99. The fourth-order valence-corrected chi connectivity index (χ4v) is 1.69. The van der Waals surface area contributed by atoms with Gasteiger partial charge in [-0.05, 0) is 18.8 Å². The van der Waals surface area contributed by atoms with Crippen LogP contribution in [0.1, 0.15) is 26.7 Å². The quantitative estimate of drug-likeness (QED) is 0.579. The molecular weight excluding hydrogens is 244 g/mol. The van der Waals surface area contributed by atoms with Crippen LogP contribution in [0.4, 0.5) is 0 Å². The van der Waals surface area contributed by atoms with Crippen LogP contribution < -0.4 is 5.32 Å². The van der Waals surface area contributed by atoms with Crippen LogP contribution in [0.3, 0.4) is 0 Å². The Morgan fingerprint density at radius 3 is 2.95 bits per heavy atom. The molecule has 2 N–H and O–H groups in total. The largest absolute Gasteiger partial charge is 0.389 e. The molecule has 1 heterocycles. The summed E-state index contributed by atoms with van der Waals surface area (Å²) in [6.07, 6.45) is 5.25. The van der Waals surface area contributed by atoms with E-state index in [0.29, 0.717) is 19.1 Å². The van der Waals surface area contributed by atoms with E-state index in [1.165, 1.54) is 6.42 Å². The predicted molar refractivity (Wildman–Crippen MR) is 73.8 cm³/mol. The van der Waals surface area contributed by atoms with Crippen LogP contribution in [0.15, 0.2) is 12.4 Å². The molecule has 6 heteroatoms. The van der Waals surface area contributed by atoms with Crippen molar-refractivity contribution in [3.8, 4) is 0 Å². The molecule has 110 valence electrons. The lowest BCUT2D eigenvalue weighted by molar-refractivity contribution is 0.0348. The van der Waals surface area contributed by atoms with Gasteiger partial charge in [0.2, 0.25) is 0 Å². The molecule has 19 heavy (non-hydrogen) atoms. The third-order valence-corrected chi connectivity index (χ3v) is 2.75. The van der Waals surface area contributed by atoms with E-state index in [-0.39, 0.29) is 0 Å². The van der Waals surface area contributed by atoms with E-state index in [4.69, 9.17) is 4.74 Å². The number of aromatic nitrogens is 3. The summed E-state index contributed by atoms with van der Waals surface area (Å²) in [6.45, 7) is 7.58. The van der Waals surface area contributed by atoms with Crippen molar-refractivity contribution in [1.29, 1.82) is 0 Å². The van der Waals surface area contributed by atoms with Gasteiger partial charge in [-0.1, -0.05) is 19.1 Å². The van der Waals surface area contributed by atoms with Crippen LogP contribution in [-0.2, 0) is 11.3 Å². The Hall–Kier alpha value is -0.980. The highest BCUT2D eigenvalue weighted by Gasteiger charge is 2.03. The van der Waals surface area contributed by atoms with Crippen LogP contribution in [0, 0.1) is 5.92 Å². The van der Waals surface area contributed by atoms with E-state index in [1.807, 2.05) is 6.20 Å². The third-order valence-electron chi connectivity index (χ3n) is 2.75. The lowest BCUT2D eigenvalue weighted by Crippen LogP contribution is -2.32. The van der Waals surface area contributed by atoms with Gasteiger partial charge in [0.25, 0.3) is 0 Å². The summed E-state index contributed by atoms with van der Waals surface area (Å²) < 4.78 is 7.18. The Balaban J connectivity index is 1.89. The van der Waals surface area contributed by atoms with E-state index < -0.39 is 6.10 Å². The maximum absolute atomic E-state index is 9.69. The van der Waals surface area contributed by atoms with E-state index >= 15 is 0 Å². The number of hydrogen-bond acceptors (Lipinski definition) is 5. The first-order chi connectivity index (χ1) is 9.18. The minimum atomic E-state index is -0.449. The van der Waals surface area contributed by atoms with Crippen molar-refractivity contribution in [2.24, 2.45) is 5.92 Å². The molecule has 0 aliphatic carbocycles. The van der Waals surface area contributed by atoms with Crippen LogP contribution in [0.5, 0.6) is 0 Å². The normalized spacial score (nSPS) is 13.1. The smallest absolute Gasteiger partial charge is 0.0897 e. The minimum Gasteiger partial charge on any atom is -0.389 e. The Morgan fingerprint density at radius 2 is 2.26 bits per heavy atom. The number of nitrogens with zero attached hydrogens (tertiary/aromatic N) is 3. The van der Waals surface area contributed by atoms with E-state index in [2.05, 4.69) is 29.5 Å². The zero-order chi connectivity index (χ0) is 13.9. The Kier molecular flexibility index (Phi) is 8.36. The average Bonchev–Trinajstić information content (AvgIpc) is 2.87. The first-order valence-electron chi connectivity index (χ1n) is 6.99. The molecule has 1 unspecified atom stereocenters. The molecule has 1 aromatic heterocycles. The van der Waals surface area contributed by atoms with Crippen LogP contribution in [0.25, 0.3) is 0 Å². The van der Waals surface area contributed by atoms with Crippen molar-refractivity contribution < 1.29 is 9.84 Å². The Labute approximate surface area is 115 Å². The maximum Gasteiger partial charge on any atom is 0.0897 e. The summed E-state index contributed by atoms with van der Waals surface area (Å²) in [7, 11) is 0. The summed E-state index contributed by atoms with van der Waals surface area (Å²) >= 11 is 0. The summed E-state index contributed by atoms with van der Waals surface area (Å²) in [4.78, 5) is 0. The number of hydrogen-bond donors (Lipinski definition) is 2. The van der Waals surface area contributed by atoms with Gasteiger partial charge < -0.3 is 15.2 Å². The summed E-state index contributed by atoms with van der Waals surface area (Å²) in [5, 5.41) is 20.4. The molecular formula is C13H26N4O2. The summed E-state index contributed by atoms with van der Waals surface area (Å²) in [5.41, 5.74) is 0. The van der Waals surface area contributed by atoms with Crippen molar-refractivity contribution in [1.82, 2.24) is 20.3 Å². The second kappa shape index (κ2) is 9.89. The Bertz CT molecular complexity index is 304.